The summed E-state index contributed by atoms with van der Waals surface area (Å²) >= 11 is 0. The van der Waals surface area contributed by atoms with Gasteiger partial charge in [-0.25, -0.2) is 0 Å². The van der Waals surface area contributed by atoms with Gasteiger partial charge in [0.05, 0.1) is 30.7 Å². The summed E-state index contributed by atoms with van der Waals surface area (Å²) in [4.78, 5) is 42.3. The van der Waals surface area contributed by atoms with E-state index in [0.717, 1.165) is 18.4 Å². The van der Waals surface area contributed by atoms with Crippen LogP contribution in [0.1, 0.15) is 85.7 Å². The molecule has 0 N–H and O–H groups in total. The molecule has 0 saturated carbocycles. The summed E-state index contributed by atoms with van der Waals surface area (Å²) in [6, 6.07) is 14.7. The van der Waals surface area contributed by atoms with Crippen LogP contribution in [0.25, 0.3) is 0 Å². The number of carbonyl (C=O) groups is 3. The molecular weight excluding hydrogens is 618 g/mol. The summed E-state index contributed by atoms with van der Waals surface area (Å²) in [6.07, 6.45) is 2.91. The number of carbonyl (C=O) groups excluding carboxylic acids is 3. The van der Waals surface area contributed by atoms with Crippen molar-refractivity contribution in [1.29, 1.82) is 0 Å². The summed E-state index contributed by atoms with van der Waals surface area (Å²) in [7, 11) is -1.48. The van der Waals surface area contributed by atoms with Crippen LogP contribution < -0.4 is 10.2 Å². The number of nitrogens with zero attached hydrogens (tertiary/aromatic N) is 3. The molecule has 1 unspecified atom stereocenters. The molecule has 1 aromatic heterocycles. The molecule has 3 rings (SSSR count). The molecule has 0 aliphatic rings. The van der Waals surface area contributed by atoms with Gasteiger partial charge in [0.25, 0.3) is 15.9 Å². The van der Waals surface area contributed by atoms with E-state index >= 15 is 0 Å². The summed E-state index contributed by atoms with van der Waals surface area (Å²) in [6.45, 7) is 11.3. The van der Waals surface area contributed by atoms with Crippen LogP contribution in [0.3, 0.4) is 0 Å². The van der Waals surface area contributed by atoms with E-state index in [0.29, 0.717) is 30.7 Å². The minimum atomic E-state index is -4.22. The molecule has 0 saturated heterocycles. The van der Waals surface area contributed by atoms with E-state index in [2.05, 4.69) is 32.1 Å². The van der Waals surface area contributed by atoms with Crippen molar-refractivity contribution < 1.29 is 32.3 Å². The van der Waals surface area contributed by atoms with Crippen LogP contribution in [0.2, 0.25) is 0 Å². The first-order valence-corrected chi connectivity index (χ1v) is 17.3. The minimum Gasteiger partial charge on any atom is -0.497 e. The fourth-order valence-corrected chi connectivity index (χ4v) is 5.88. The van der Waals surface area contributed by atoms with Gasteiger partial charge in [-0.15, -0.1) is 4.40 Å². The molecule has 47 heavy (non-hydrogen) atoms. The number of Topliss-reactive ketones (excluding diaryl/α,β-unsaturated/α-hetero) is 1. The summed E-state index contributed by atoms with van der Waals surface area (Å²) in [5, 5.41) is 0. The van der Waals surface area contributed by atoms with Crippen molar-refractivity contribution in [3.05, 3.63) is 89.0 Å². The monoisotopic (exact) mass is 665 g/mol. The molecule has 10 nitrogen and oxygen atoms in total. The fraction of sp³-hybridized carbons (Fsp3) is 0.444. The Bertz CT molecular complexity index is 1700. The van der Waals surface area contributed by atoms with Crippen molar-refractivity contribution in [2.24, 2.45) is 16.2 Å². The smallest absolute Gasteiger partial charge is 0.305 e. The number of esters is 1. The molecule has 0 spiro atoms. The van der Waals surface area contributed by atoms with E-state index < -0.39 is 27.8 Å². The lowest BCUT2D eigenvalue weighted by atomic mass is 9.99. The van der Waals surface area contributed by atoms with Crippen molar-refractivity contribution in [1.82, 2.24) is 9.47 Å². The quantitative estimate of drug-likeness (QED) is 0.136. The van der Waals surface area contributed by atoms with Crippen molar-refractivity contribution in [3.63, 3.8) is 0 Å². The molecule has 0 radical (unpaired) electrons. The van der Waals surface area contributed by atoms with Gasteiger partial charge in [-0.1, -0.05) is 57.5 Å². The van der Waals surface area contributed by atoms with Crippen LogP contribution in [0, 0.1) is 18.8 Å². The third-order valence-corrected chi connectivity index (χ3v) is 9.11. The van der Waals surface area contributed by atoms with E-state index in [1.165, 1.54) is 49.2 Å². The molecule has 1 atom stereocenters. The Labute approximate surface area is 278 Å². The number of benzene rings is 2. The number of ether oxygens (including phenoxy) is 2. The lowest BCUT2D eigenvalue weighted by molar-refractivity contribution is -0.140. The maximum atomic E-state index is 14.2. The standard InChI is InChI=1S/C36H47N3O7S/c1-25(2)19-21-38(22-20-26(3)4)36(42)29-13-17-33(37-47(43,44)31-14-11-27(5)12-15-31)39(24-29)32(16-18-34(40)46-7)35(41)28-9-8-10-30(23-28)45-6/h8-15,17,23-26,32H,16,18-22H2,1-7H3/b37-33+. The molecule has 1 heterocycles. The van der Waals surface area contributed by atoms with Gasteiger partial charge in [0.1, 0.15) is 11.2 Å². The van der Waals surface area contributed by atoms with Crippen LogP contribution in [0.5, 0.6) is 5.75 Å². The van der Waals surface area contributed by atoms with Crippen LogP contribution in [-0.2, 0) is 19.6 Å². The highest BCUT2D eigenvalue weighted by molar-refractivity contribution is 7.90. The molecule has 0 fully saturated rings. The van der Waals surface area contributed by atoms with Gasteiger partial charge in [-0.2, -0.15) is 8.42 Å². The Hall–Kier alpha value is -4.25. The van der Waals surface area contributed by atoms with Crippen molar-refractivity contribution in [3.8, 4) is 5.75 Å². The Morgan fingerprint density at radius 1 is 0.851 bits per heavy atom. The van der Waals surface area contributed by atoms with Gasteiger partial charge in [0.15, 0.2) is 5.78 Å². The summed E-state index contributed by atoms with van der Waals surface area (Å²) < 4.78 is 42.8. The van der Waals surface area contributed by atoms with Crippen LogP contribution in [0.15, 0.2) is 76.2 Å². The molecule has 0 bridgehead atoms. The number of methoxy groups -OCH3 is 2. The largest absolute Gasteiger partial charge is 0.497 e. The Kier molecular flexibility index (Phi) is 13.5. The van der Waals surface area contributed by atoms with E-state index in [4.69, 9.17) is 9.47 Å². The SMILES string of the molecule is COC(=O)CCC(C(=O)c1cccc(OC)c1)n1cc(C(=O)N(CCC(C)C)CCC(C)C)cc/c1=N\S(=O)(=O)c1ccc(C)cc1. The second-order valence-electron chi connectivity index (χ2n) is 12.4. The third-order valence-electron chi connectivity index (χ3n) is 7.82. The van der Waals surface area contributed by atoms with Crippen molar-refractivity contribution >= 4 is 27.7 Å². The number of hydrogen-bond acceptors (Lipinski definition) is 7. The maximum absolute atomic E-state index is 14.2. The Morgan fingerprint density at radius 3 is 2.06 bits per heavy atom. The first-order chi connectivity index (χ1) is 22.2. The summed E-state index contributed by atoms with van der Waals surface area (Å²) in [5.41, 5.74) is 1.37. The van der Waals surface area contributed by atoms with Crippen LogP contribution in [0.4, 0.5) is 0 Å². The third kappa shape index (κ3) is 10.6. The van der Waals surface area contributed by atoms with Gasteiger partial charge in [-0.05, 0) is 74.4 Å². The van der Waals surface area contributed by atoms with E-state index in [1.54, 1.807) is 41.3 Å². The number of rotatable bonds is 16. The number of ketones is 1. The van der Waals surface area contributed by atoms with Gasteiger partial charge in [-0.3, -0.25) is 14.4 Å². The first-order valence-electron chi connectivity index (χ1n) is 15.9. The topological polar surface area (TPSA) is 124 Å². The average molecular weight is 666 g/mol. The minimum absolute atomic E-state index is 0.0198. The number of aryl methyl sites for hydroxylation is 1. The van der Waals surface area contributed by atoms with Crippen molar-refractivity contribution in [2.75, 3.05) is 27.3 Å². The normalized spacial score (nSPS) is 12.7. The van der Waals surface area contributed by atoms with Gasteiger partial charge < -0.3 is 18.9 Å². The second-order valence-corrected chi connectivity index (χ2v) is 14.1. The lowest BCUT2D eigenvalue weighted by Gasteiger charge is -2.26. The average Bonchev–Trinajstić information content (AvgIpc) is 3.04. The number of aromatic nitrogens is 1. The highest BCUT2D eigenvalue weighted by atomic mass is 32.2. The van der Waals surface area contributed by atoms with Crippen molar-refractivity contribution in [2.45, 2.75) is 71.2 Å². The second kappa shape index (κ2) is 17.1. The number of pyridine rings is 1. The molecule has 3 aromatic rings. The van der Waals surface area contributed by atoms with E-state index in [1.807, 2.05) is 6.92 Å². The molecule has 0 aliphatic carbocycles. The first kappa shape index (κ1) is 37.2. The number of hydrogen-bond donors (Lipinski definition) is 0. The Balaban J connectivity index is 2.26. The Morgan fingerprint density at radius 2 is 1.49 bits per heavy atom. The van der Waals surface area contributed by atoms with E-state index in [9.17, 15) is 22.8 Å². The molecule has 11 heteroatoms. The molecule has 254 valence electrons. The molecule has 1 amide bonds. The van der Waals surface area contributed by atoms with Gasteiger partial charge in [0.2, 0.25) is 0 Å². The molecule has 2 aromatic carbocycles. The fourth-order valence-electron chi connectivity index (χ4n) is 4.90. The highest BCUT2D eigenvalue weighted by Crippen LogP contribution is 2.24. The maximum Gasteiger partial charge on any atom is 0.305 e. The van der Waals surface area contributed by atoms with E-state index in [-0.39, 0.29) is 40.3 Å². The summed E-state index contributed by atoms with van der Waals surface area (Å²) in [5.74, 6) is 0.0164. The zero-order chi connectivity index (χ0) is 34.7. The number of amides is 1. The highest BCUT2D eigenvalue weighted by Gasteiger charge is 2.27. The number of sulfonamides is 1. The molecule has 0 aliphatic heterocycles. The molecular formula is C36H47N3O7S. The predicted molar refractivity (Wildman–Crippen MR) is 181 cm³/mol. The van der Waals surface area contributed by atoms with Gasteiger partial charge >= 0.3 is 5.97 Å². The zero-order valence-corrected chi connectivity index (χ0v) is 29.2. The lowest BCUT2D eigenvalue weighted by Crippen LogP contribution is -2.36. The zero-order valence-electron chi connectivity index (χ0n) is 28.4. The predicted octanol–water partition coefficient (Wildman–Crippen LogP) is 6.01. The van der Waals surface area contributed by atoms with Gasteiger partial charge in [0, 0.05) is 31.3 Å². The van der Waals surface area contributed by atoms with Crippen LogP contribution >= 0.6 is 0 Å². The van der Waals surface area contributed by atoms with Crippen LogP contribution in [-0.4, -0.2) is 62.9 Å².